The first-order valence-electron chi connectivity index (χ1n) is 18.2. The Morgan fingerprint density at radius 2 is 0.855 bits per heavy atom. The molecular formula is C48H30N6O. The molecule has 0 amide bonds. The topological polar surface area (TPSA) is 74.6 Å². The van der Waals surface area contributed by atoms with Crippen molar-refractivity contribution in [2.24, 2.45) is 0 Å². The Balaban J connectivity index is 1.09. The fraction of sp³-hybridized carbons (Fsp3) is 0. The smallest absolute Gasteiger partial charge is 0.250 e. The molecule has 0 N–H and O–H groups in total. The van der Waals surface area contributed by atoms with Gasteiger partial charge in [-0.3, -0.25) is 9.13 Å². The van der Waals surface area contributed by atoms with E-state index in [2.05, 4.69) is 130 Å². The van der Waals surface area contributed by atoms with Crippen LogP contribution in [-0.2, 0) is 0 Å². The molecule has 0 aliphatic heterocycles. The maximum absolute atomic E-state index is 6.71. The molecule has 7 heteroatoms. The monoisotopic (exact) mass is 706 g/mol. The van der Waals surface area contributed by atoms with Crippen molar-refractivity contribution in [3.05, 3.63) is 182 Å². The molecule has 0 unspecified atom stereocenters. The third-order valence-corrected chi connectivity index (χ3v) is 10.3. The maximum Gasteiger partial charge on any atom is 0.250 e. The number of hydrogen-bond acceptors (Lipinski definition) is 5. The largest absolute Gasteiger partial charge is 0.416 e. The van der Waals surface area contributed by atoms with Crippen molar-refractivity contribution in [2.45, 2.75) is 0 Å². The lowest BCUT2D eigenvalue weighted by Crippen LogP contribution is -1.99. The second kappa shape index (κ2) is 12.5. The molecule has 0 aliphatic rings. The maximum atomic E-state index is 6.71. The molecule has 5 aromatic heterocycles. The van der Waals surface area contributed by atoms with Crippen LogP contribution in [0.4, 0.5) is 0 Å². The molecule has 0 radical (unpaired) electrons. The molecule has 0 fully saturated rings. The minimum absolute atomic E-state index is 0.432. The van der Waals surface area contributed by atoms with Gasteiger partial charge in [-0.1, -0.05) is 127 Å². The number of aromatic nitrogens is 6. The van der Waals surface area contributed by atoms with Crippen LogP contribution in [0.3, 0.4) is 0 Å². The van der Waals surface area contributed by atoms with E-state index >= 15 is 0 Å². The van der Waals surface area contributed by atoms with Gasteiger partial charge in [0.15, 0.2) is 0 Å². The summed E-state index contributed by atoms with van der Waals surface area (Å²) in [6.07, 6.45) is 0. The highest BCUT2D eigenvalue weighted by atomic mass is 16.4. The third-order valence-electron chi connectivity index (χ3n) is 10.3. The Bertz CT molecular complexity index is 3210. The average molecular weight is 707 g/mol. The van der Waals surface area contributed by atoms with E-state index in [1.807, 2.05) is 60.7 Å². The number of rotatable bonds is 6. The molecule has 258 valence electrons. The van der Waals surface area contributed by atoms with Gasteiger partial charge in [-0.05, 0) is 54.6 Å². The molecule has 55 heavy (non-hydrogen) atoms. The summed E-state index contributed by atoms with van der Waals surface area (Å²) < 4.78 is 11.1. The van der Waals surface area contributed by atoms with Gasteiger partial charge < -0.3 is 4.42 Å². The van der Waals surface area contributed by atoms with Crippen molar-refractivity contribution in [2.75, 3.05) is 0 Å². The lowest BCUT2D eigenvalue weighted by atomic mass is 10.1. The van der Waals surface area contributed by atoms with E-state index in [1.165, 1.54) is 0 Å². The lowest BCUT2D eigenvalue weighted by molar-refractivity contribution is 0.585. The minimum Gasteiger partial charge on any atom is -0.416 e. The molecule has 11 rings (SSSR count). The third kappa shape index (κ3) is 4.98. The van der Waals surface area contributed by atoms with E-state index in [0.717, 1.165) is 88.9 Å². The number of fused-ring (bicyclic) bond motifs is 6. The van der Waals surface area contributed by atoms with E-state index in [4.69, 9.17) is 24.6 Å². The molecule has 7 nitrogen and oxygen atoms in total. The molecule has 5 heterocycles. The Hall–Kier alpha value is -7.64. The molecule has 0 aliphatic carbocycles. The average Bonchev–Trinajstić information content (AvgIpc) is 3.98. The van der Waals surface area contributed by atoms with Crippen LogP contribution in [0.1, 0.15) is 0 Å². The van der Waals surface area contributed by atoms with Crippen LogP contribution in [0.25, 0.3) is 101 Å². The first kappa shape index (κ1) is 30.9. The van der Waals surface area contributed by atoms with E-state index in [1.54, 1.807) is 0 Å². The Morgan fingerprint density at radius 1 is 0.364 bits per heavy atom. The number of hydrogen-bond donors (Lipinski definition) is 0. The molecule has 0 saturated carbocycles. The molecule has 0 spiro atoms. The molecule has 0 atom stereocenters. The number of nitrogens with zero attached hydrogens (tertiary/aromatic N) is 6. The highest BCUT2D eigenvalue weighted by Gasteiger charge is 2.23. The van der Waals surface area contributed by atoms with Crippen LogP contribution in [-0.4, -0.2) is 29.3 Å². The summed E-state index contributed by atoms with van der Waals surface area (Å²) in [5, 5.41) is 13.7. The van der Waals surface area contributed by atoms with Crippen molar-refractivity contribution in [1.29, 1.82) is 0 Å². The zero-order valence-corrected chi connectivity index (χ0v) is 29.4. The van der Waals surface area contributed by atoms with Crippen LogP contribution < -0.4 is 0 Å². The predicted molar refractivity (Wildman–Crippen MR) is 220 cm³/mol. The SMILES string of the molecule is c1ccc(-c2cccc(-n3c4ccccc4c4c(-c5nnc(-c6cccc7c8ccccc8n(-c8cccc(-c9ccccc9)n8)c67)o5)cccc43)n2)cc1. The summed E-state index contributed by atoms with van der Waals surface area (Å²) in [6, 6.07) is 62.2. The number of pyridine rings is 2. The standard InChI is InChI=1S/C48H30N6O/c1-3-15-31(16-4-1)38-24-13-29-43(49-38)53-41-27-10-8-20-35(41)45-36(22-12-28-42(45)53)47-51-52-48(55-47)37-23-11-21-34-33-19-7-9-26-40(33)54(46(34)37)44-30-14-25-39(50-44)32-17-5-2-6-18-32/h1-30H. The molecular weight excluding hydrogens is 677 g/mol. The van der Waals surface area contributed by atoms with Gasteiger partial charge in [0.2, 0.25) is 11.8 Å². The second-order valence-electron chi connectivity index (χ2n) is 13.5. The van der Waals surface area contributed by atoms with E-state index in [-0.39, 0.29) is 0 Å². The zero-order valence-electron chi connectivity index (χ0n) is 29.4. The highest BCUT2D eigenvalue weighted by Crippen LogP contribution is 2.41. The van der Waals surface area contributed by atoms with E-state index < -0.39 is 0 Å². The second-order valence-corrected chi connectivity index (χ2v) is 13.5. The lowest BCUT2D eigenvalue weighted by Gasteiger charge is -2.11. The summed E-state index contributed by atoms with van der Waals surface area (Å²) in [7, 11) is 0. The summed E-state index contributed by atoms with van der Waals surface area (Å²) in [5.41, 5.74) is 9.67. The van der Waals surface area contributed by atoms with Crippen molar-refractivity contribution >= 4 is 43.6 Å². The van der Waals surface area contributed by atoms with Crippen LogP contribution in [0.2, 0.25) is 0 Å². The van der Waals surface area contributed by atoms with E-state index in [0.29, 0.717) is 11.8 Å². The number of para-hydroxylation sites is 3. The molecule has 0 bridgehead atoms. The van der Waals surface area contributed by atoms with Crippen LogP contribution in [0.5, 0.6) is 0 Å². The highest BCUT2D eigenvalue weighted by molar-refractivity contribution is 6.15. The summed E-state index contributed by atoms with van der Waals surface area (Å²) in [6.45, 7) is 0. The predicted octanol–water partition coefficient (Wildman–Crippen LogP) is 11.7. The Kier molecular flexibility index (Phi) is 7.03. The molecule has 6 aromatic carbocycles. The van der Waals surface area contributed by atoms with Crippen molar-refractivity contribution in [3.63, 3.8) is 0 Å². The van der Waals surface area contributed by atoms with Crippen molar-refractivity contribution in [3.8, 4) is 57.1 Å². The first-order chi connectivity index (χ1) is 27.3. The summed E-state index contributed by atoms with van der Waals surface area (Å²) in [5.74, 6) is 2.52. The molecule has 11 aromatic rings. The Labute approximate surface area is 315 Å². The Morgan fingerprint density at radius 3 is 1.55 bits per heavy atom. The van der Waals surface area contributed by atoms with Gasteiger partial charge in [-0.25, -0.2) is 9.97 Å². The summed E-state index contributed by atoms with van der Waals surface area (Å²) >= 11 is 0. The van der Waals surface area contributed by atoms with Crippen LogP contribution >= 0.6 is 0 Å². The van der Waals surface area contributed by atoms with Crippen LogP contribution in [0, 0.1) is 0 Å². The number of benzene rings is 6. The van der Waals surface area contributed by atoms with Gasteiger partial charge in [-0.15, -0.1) is 10.2 Å². The van der Waals surface area contributed by atoms with Gasteiger partial charge in [0.05, 0.1) is 39.0 Å². The fourth-order valence-corrected chi connectivity index (χ4v) is 7.95. The van der Waals surface area contributed by atoms with Gasteiger partial charge >= 0.3 is 0 Å². The van der Waals surface area contributed by atoms with E-state index in [9.17, 15) is 0 Å². The van der Waals surface area contributed by atoms with Crippen molar-refractivity contribution < 1.29 is 4.42 Å². The zero-order chi connectivity index (χ0) is 36.3. The van der Waals surface area contributed by atoms with Gasteiger partial charge in [0.25, 0.3) is 0 Å². The van der Waals surface area contributed by atoms with Gasteiger partial charge in [-0.2, -0.15) is 0 Å². The fourth-order valence-electron chi connectivity index (χ4n) is 7.95. The summed E-state index contributed by atoms with van der Waals surface area (Å²) in [4.78, 5) is 10.3. The molecule has 0 saturated heterocycles. The quantitative estimate of drug-likeness (QED) is 0.172. The van der Waals surface area contributed by atoms with Gasteiger partial charge in [0, 0.05) is 38.2 Å². The van der Waals surface area contributed by atoms with Gasteiger partial charge in [0.1, 0.15) is 11.6 Å². The van der Waals surface area contributed by atoms with Crippen LogP contribution in [0.15, 0.2) is 186 Å². The normalized spacial score (nSPS) is 11.6. The van der Waals surface area contributed by atoms with Crippen molar-refractivity contribution in [1.82, 2.24) is 29.3 Å². The first-order valence-corrected chi connectivity index (χ1v) is 18.2. The minimum atomic E-state index is 0.432.